The molecule has 0 bridgehead atoms. The lowest BCUT2D eigenvalue weighted by Gasteiger charge is -2.41. The maximum atomic E-state index is 13.1. The predicted octanol–water partition coefficient (Wildman–Crippen LogP) is 3.94. The summed E-state index contributed by atoms with van der Waals surface area (Å²) in [5.41, 5.74) is 7.95. The van der Waals surface area contributed by atoms with E-state index in [1.54, 1.807) is 48.7 Å². The van der Waals surface area contributed by atoms with Gasteiger partial charge in [-0.05, 0) is 49.2 Å². The van der Waals surface area contributed by atoms with Crippen molar-refractivity contribution in [2.75, 3.05) is 16.0 Å². The van der Waals surface area contributed by atoms with Crippen LogP contribution in [0.5, 0.6) is 0 Å². The number of benzene rings is 1. The molecule has 1 saturated carbocycles. The second-order valence-corrected chi connectivity index (χ2v) is 7.28. The minimum atomic E-state index is -0.638. The summed E-state index contributed by atoms with van der Waals surface area (Å²) >= 11 is 6.10. The fraction of sp³-hybridized carbons (Fsp3) is 0.190. The van der Waals surface area contributed by atoms with Gasteiger partial charge in [0, 0.05) is 16.8 Å². The van der Waals surface area contributed by atoms with Gasteiger partial charge in [-0.1, -0.05) is 29.8 Å². The molecule has 0 radical (unpaired) electrons. The Balaban J connectivity index is 1.72. The van der Waals surface area contributed by atoms with Gasteiger partial charge >= 0.3 is 6.03 Å². The van der Waals surface area contributed by atoms with Crippen molar-refractivity contribution >= 4 is 35.0 Å². The molecule has 0 aliphatic heterocycles. The van der Waals surface area contributed by atoms with Crippen molar-refractivity contribution in [1.82, 2.24) is 9.97 Å². The monoisotopic (exact) mass is 409 g/mol. The van der Waals surface area contributed by atoms with Crippen LogP contribution in [0.15, 0.2) is 60.8 Å². The number of nitrogens with one attached hydrogen (secondary N) is 1. The zero-order chi connectivity index (χ0) is 20.4. The van der Waals surface area contributed by atoms with Crippen molar-refractivity contribution < 1.29 is 9.90 Å². The van der Waals surface area contributed by atoms with Crippen LogP contribution in [-0.2, 0) is 0 Å². The molecule has 4 N–H and O–H groups in total. The van der Waals surface area contributed by atoms with Crippen molar-refractivity contribution in [2.24, 2.45) is 0 Å². The molecule has 2 heterocycles. The fourth-order valence-corrected chi connectivity index (χ4v) is 3.43. The molecule has 1 unspecified atom stereocenters. The number of aliphatic hydroxyl groups excluding tert-OH is 1. The minimum Gasteiger partial charge on any atom is -0.396 e. The van der Waals surface area contributed by atoms with Gasteiger partial charge in [0.05, 0.1) is 23.5 Å². The van der Waals surface area contributed by atoms with Gasteiger partial charge in [0.25, 0.3) is 0 Å². The van der Waals surface area contributed by atoms with Gasteiger partial charge in [-0.2, -0.15) is 0 Å². The molecular weight excluding hydrogens is 390 g/mol. The molecule has 0 saturated heterocycles. The standard InChI is InChI=1S/C21H20ClN5O2/c22-14-5-3-4-13(12-14)16-8-7-15(23)20(25-16)27(17-9-10-18(17)28)21(29)26-19-6-1-2-11-24-19/h1-8,11-12,17-18,28H,9-10,23H2,(H,24,26,29)/t17?,18-/m1/s1. The Kier molecular flexibility index (Phi) is 5.33. The van der Waals surface area contributed by atoms with E-state index in [1.165, 1.54) is 4.90 Å². The van der Waals surface area contributed by atoms with E-state index in [1.807, 2.05) is 12.1 Å². The molecule has 2 amide bonds. The van der Waals surface area contributed by atoms with Crippen molar-refractivity contribution in [3.63, 3.8) is 0 Å². The number of carbonyl (C=O) groups is 1. The molecule has 8 heteroatoms. The first-order chi connectivity index (χ1) is 14.0. The van der Waals surface area contributed by atoms with Crippen LogP contribution >= 0.6 is 11.6 Å². The molecular formula is C21H20ClN5O2. The molecule has 3 aromatic rings. The summed E-state index contributed by atoms with van der Waals surface area (Å²) in [7, 11) is 0. The maximum absolute atomic E-state index is 13.1. The maximum Gasteiger partial charge on any atom is 0.329 e. The van der Waals surface area contributed by atoms with Crippen LogP contribution in [0.25, 0.3) is 11.3 Å². The second-order valence-electron chi connectivity index (χ2n) is 6.85. The summed E-state index contributed by atoms with van der Waals surface area (Å²) in [6, 6.07) is 15.1. The number of halogens is 1. The smallest absolute Gasteiger partial charge is 0.329 e. The summed E-state index contributed by atoms with van der Waals surface area (Å²) in [5.74, 6) is 0.695. The summed E-state index contributed by atoms with van der Waals surface area (Å²) < 4.78 is 0. The van der Waals surface area contributed by atoms with Gasteiger partial charge in [0.2, 0.25) is 0 Å². The number of nitrogens with two attached hydrogens (primary N) is 1. The number of urea groups is 1. The lowest BCUT2D eigenvalue weighted by atomic mass is 9.88. The van der Waals surface area contributed by atoms with Gasteiger partial charge in [-0.3, -0.25) is 10.2 Å². The largest absolute Gasteiger partial charge is 0.396 e. The number of pyridine rings is 2. The number of nitrogen functional groups attached to an aromatic ring is 1. The SMILES string of the molecule is Nc1ccc(-c2cccc(Cl)c2)nc1N(C(=O)Nc1ccccn1)C1CC[C@H]1O. The van der Waals surface area contributed by atoms with E-state index in [0.717, 1.165) is 5.56 Å². The Hall–Kier alpha value is -3.16. The lowest BCUT2D eigenvalue weighted by Crippen LogP contribution is -2.55. The molecule has 2 atom stereocenters. The highest BCUT2D eigenvalue weighted by molar-refractivity contribution is 6.30. The first-order valence-corrected chi connectivity index (χ1v) is 9.62. The minimum absolute atomic E-state index is 0.291. The third-order valence-electron chi connectivity index (χ3n) is 4.91. The number of aliphatic hydroxyl groups is 1. The molecule has 2 aromatic heterocycles. The Bertz CT molecular complexity index is 1030. The Morgan fingerprint density at radius 3 is 2.69 bits per heavy atom. The summed E-state index contributed by atoms with van der Waals surface area (Å²) in [6.45, 7) is 0. The zero-order valence-corrected chi connectivity index (χ0v) is 16.3. The van der Waals surface area contributed by atoms with E-state index < -0.39 is 18.2 Å². The Labute approximate surface area is 173 Å². The first kappa shape index (κ1) is 19.2. The second kappa shape index (κ2) is 8.06. The Morgan fingerprint density at radius 1 is 1.17 bits per heavy atom. The number of amides is 2. The van der Waals surface area contributed by atoms with Gasteiger partial charge < -0.3 is 10.8 Å². The number of rotatable bonds is 4. The molecule has 1 aromatic carbocycles. The van der Waals surface area contributed by atoms with Gasteiger partial charge in [0.1, 0.15) is 5.82 Å². The fourth-order valence-electron chi connectivity index (χ4n) is 3.24. The van der Waals surface area contributed by atoms with E-state index in [9.17, 15) is 9.90 Å². The summed E-state index contributed by atoms with van der Waals surface area (Å²) in [4.78, 5) is 23.3. The molecule has 7 nitrogen and oxygen atoms in total. The third-order valence-corrected chi connectivity index (χ3v) is 5.14. The molecule has 4 rings (SSSR count). The van der Waals surface area contributed by atoms with Crippen LogP contribution in [0.4, 0.5) is 22.1 Å². The topological polar surface area (TPSA) is 104 Å². The number of carbonyl (C=O) groups excluding carboxylic acids is 1. The first-order valence-electron chi connectivity index (χ1n) is 9.24. The van der Waals surface area contributed by atoms with Gasteiger partial charge in [-0.15, -0.1) is 0 Å². The van der Waals surface area contributed by atoms with E-state index in [0.29, 0.717) is 40.9 Å². The zero-order valence-electron chi connectivity index (χ0n) is 15.5. The van der Waals surface area contributed by atoms with Crippen molar-refractivity contribution in [2.45, 2.75) is 25.0 Å². The van der Waals surface area contributed by atoms with Crippen molar-refractivity contribution in [1.29, 1.82) is 0 Å². The third kappa shape index (κ3) is 4.01. The van der Waals surface area contributed by atoms with Gasteiger partial charge in [-0.25, -0.2) is 14.8 Å². The van der Waals surface area contributed by atoms with Crippen LogP contribution in [0.2, 0.25) is 5.02 Å². The number of aromatic nitrogens is 2. The van der Waals surface area contributed by atoms with Crippen molar-refractivity contribution in [3.8, 4) is 11.3 Å². The highest BCUT2D eigenvalue weighted by Gasteiger charge is 2.39. The van der Waals surface area contributed by atoms with Crippen LogP contribution in [-0.4, -0.2) is 33.3 Å². The molecule has 1 fully saturated rings. The molecule has 1 aliphatic carbocycles. The molecule has 148 valence electrons. The van der Waals surface area contributed by atoms with Crippen molar-refractivity contribution in [3.05, 3.63) is 65.8 Å². The highest BCUT2D eigenvalue weighted by atomic mass is 35.5. The number of nitrogens with zero attached hydrogens (tertiary/aromatic N) is 3. The molecule has 0 spiro atoms. The molecule has 1 aliphatic rings. The summed E-state index contributed by atoms with van der Waals surface area (Å²) in [5, 5.41) is 13.6. The van der Waals surface area contributed by atoms with Crippen LogP contribution in [0.3, 0.4) is 0 Å². The van der Waals surface area contributed by atoms with Crippen LogP contribution in [0, 0.1) is 0 Å². The Morgan fingerprint density at radius 2 is 2.03 bits per heavy atom. The highest BCUT2D eigenvalue weighted by Crippen LogP contribution is 2.34. The van der Waals surface area contributed by atoms with Crippen LogP contribution in [0.1, 0.15) is 12.8 Å². The number of anilines is 3. The van der Waals surface area contributed by atoms with E-state index in [4.69, 9.17) is 17.3 Å². The average molecular weight is 410 g/mol. The van der Waals surface area contributed by atoms with E-state index in [2.05, 4.69) is 15.3 Å². The quantitative estimate of drug-likeness (QED) is 0.605. The lowest BCUT2D eigenvalue weighted by molar-refractivity contribution is 0.0676. The van der Waals surface area contributed by atoms with E-state index >= 15 is 0 Å². The normalized spacial score (nSPS) is 18.0. The van der Waals surface area contributed by atoms with Gasteiger partial charge in [0.15, 0.2) is 5.82 Å². The average Bonchev–Trinajstić information content (AvgIpc) is 2.72. The summed E-state index contributed by atoms with van der Waals surface area (Å²) in [6.07, 6.45) is 2.22. The number of hydrogen-bond acceptors (Lipinski definition) is 5. The molecule has 29 heavy (non-hydrogen) atoms. The predicted molar refractivity (Wildman–Crippen MR) is 114 cm³/mol. The van der Waals surface area contributed by atoms with Crippen LogP contribution < -0.4 is 16.0 Å². The number of hydrogen-bond donors (Lipinski definition) is 3. The van der Waals surface area contributed by atoms with E-state index in [-0.39, 0.29) is 0 Å².